The van der Waals surface area contributed by atoms with Gasteiger partial charge in [-0.15, -0.1) is 0 Å². The molecule has 2 aromatic carbocycles. The predicted molar refractivity (Wildman–Crippen MR) is 78.8 cm³/mol. The van der Waals surface area contributed by atoms with E-state index in [-0.39, 0.29) is 18.1 Å². The Morgan fingerprint density at radius 2 is 1.81 bits per heavy atom. The van der Waals surface area contributed by atoms with Gasteiger partial charge in [0.05, 0.1) is 11.0 Å². The van der Waals surface area contributed by atoms with Crippen LogP contribution in [-0.4, -0.2) is 17.3 Å². The topological polar surface area (TPSA) is 69.4 Å². The van der Waals surface area contributed by atoms with Crippen LogP contribution >= 0.6 is 0 Å². The molecule has 0 saturated carbocycles. The van der Waals surface area contributed by atoms with E-state index in [1.165, 1.54) is 6.07 Å². The molecule has 0 radical (unpaired) electrons. The van der Waals surface area contributed by atoms with Crippen LogP contribution in [-0.2, 0) is 0 Å². The van der Waals surface area contributed by atoms with Gasteiger partial charge in [0, 0.05) is 11.1 Å². The smallest absolute Gasteiger partial charge is 0.276 e. The molecule has 0 fully saturated rings. The van der Waals surface area contributed by atoms with Crippen molar-refractivity contribution in [2.45, 2.75) is 13.8 Å². The second-order valence-electron chi connectivity index (χ2n) is 4.74. The summed E-state index contributed by atoms with van der Waals surface area (Å²) >= 11 is 0. The molecule has 0 unspecified atom stereocenters. The number of nitro benzene ring substituents is 1. The maximum atomic E-state index is 12.0. The highest BCUT2D eigenvalue weighted by Gasteiger charge is 2.15. The minimum Gasteiger partial charge on any atom is -0.485 e. The van der Waals surface area contributed by atoms with Gasteiger partial charge in [0.2, 0.25) is 0 Å². The van der Waals surface area contributed by atoms with Crippen molar-refractivity contribution in [2.24, 2.45) is 0 Å². The van der Waals surface area contributed by atoms with Crippen LogP contribution < -0.4 is 4.74 Å². The molecule has 5 heteroatoms. The number of rotatable bonds is 5. The number of ketones is 1. The molecule has 108 valence electrons. The molecule has 0 aliphatic carbocycles. The van der Waals surface area contributed by atoms with Gasteiger partial charge in [0.1, 0.15) is 5.75 Å². The van der Waals surface area contributed by atoms with E-state index >= 15 is 0 Å². The van der Waals surface area contributed by atoms with Crippen molar-refractivity contribution in [3.05, 3.63) is 69.3 Å². The Bertz CT molecular complexity index is 680. The molecule has 0 aliphatic heterocycles. The molecular weight excluding hydrogens is 270 g/mol. The third-order valence-corrected chi connectivity index (χ3v) is 3.14. The van der Waals surface area contributed by atoms with Crippen molar-refractivity contribution in [3.8, 4) is 5.75 Å². The summed E-state index contributed by atoms with van der Waals surface area (Å²) in [5.41, 5.74) is 1.87. The molecule has 0 saturated heterocycles. The van der Waals surface area contributed by atoms with Crippen LogP contribution in [0.1, 0.15) is 21.5 Å². The standard InChI is InChI=1S/C16H15NO4/c1-11-8-12(2)16(9-14(11)17(19)20)21-10-15(18)13-6-4-3-5-7-13/h3-9H,10H2,1-2H3. The first-order valence-corrected chi connectivity index (χ1v) is 6.45. The van der Waals surface area contributed by atoms with E-state index < -0.39 is 4.92 Å². The second kappa shape index (κ2) is 6.17. The number of carbonyl (C=O) groups excluding carboxylic acids is 1. The Balaban J connectivity index is 2.15. The van der Waals surface area contributed by atoms with Gasteiger partial charge >= 0.3 is 0 Å². The molecule has 2 rings (SSSR count). The Morgan fingerprint density at radius 1 is 1.14 bits per heavy atom. The highest BCUT2D eigenvalue weighted by Crippen LogP contribution is 2.28. The molecule has 5 nitrogen and oxygen atoms in total. The first kappa shape index (κ1) is 14.7. The summed E-state index contributed by atoms with van der Waals surface area (Å²) in [5.74, 6) is 0.190. The summed E-state index contributed by atoms with van der Waals surface area (Å²) in [4.78, 5) is 22.4. The van der Waals surface area contributed by atoms with Crippen LogP contribution in [0.2, 0.25) is 0 Å². The Hall–Kier alpha value is -2.69. The highest BCUT2D eigenvalue weighted by atomic mass is 16.6. The maximum absolute atomic E-state index is 12.0. The van der Waals surface area contributed by atoms with Crippen molar-refractivity contribution in [1.29, 1.82) is 0 Å². The third-order valence-electron chi connectivity index (χ3n) is 3.14. The summed E-state index contributed by atoms with van der Waals surface area (Å²) in [7, 11) is 0. The molecule has 0 spiro atoms. The lowest BCUT2D eigenvalue weighted by atomic mass is 10.1. The fourth-order valence-corrected chi connectivity index (χ4v) is 2.02. The number of aryl methyl sites for hydroxylation is 2. The number of hydrogen-bond donors (Lipinski definition) is 0. The minimum atomic E-state index is -0.458. The van der Waals surface area contributed by atoms with E-state index in [0.29, 0.717) is 16.9 Å². The lowest BCUT2D eigenvalue weighted by Crippen LogP contribution is -2.12. The van der Waals surface area contributed by atoms with Gasteiger partial charge in [0.15, 0.2) is 12.4 Å². The fraction of sp³-hybridized carbons (Fsp3) is 0.188. The predicted octanol–water partition coefficient (Wildman–Crippen LogP) is 3.47. The molecule has 0 aromatic heterocycles. The van der Waals surface area contributed by atoms with E-state index in [2.05, 4.69) is 0 Å². The van der Waals surface area contributed by atoms with Gasteiger partial charge in [-0.2, -0.15) is 0 Å². The van der Waals surface area contributed by atoms with Crippen molar-refractivity contribution >= 4 is 11.5 Å². The van der Waals surface area contributed by atoms with Gasteiger partial charge in [-0.3, -0.25) is 14.9 Å². The molecule has 21 heavy (non-hydrogen) atoms. The zero-order valence-corrected chi connectivity index (χ0v) is 11.8. The molecule has 0 aliphatic rings. The van der Waals surface area contributed by atoms with Gasteiger partial charge in [-0.25, -0.2) is 0 Å². The first-order chi connectivity index (χ1) is 9.99. The average molecular weight is 285 g/mol. The lowest BCUT2D eigenvalue weighted by Gasteiger charge is -2.09. The van der Waals surface area contributed by atoms with Crippen LogP contribution in [0.15, 0.2) is 42.5 Å². The van der Waals surface area contributed by atoms with Crippen LogP contribution in [0.4, 0.5) is 5.69 Å². The quantitative estimate of drug-likeness (QED) is 0.479. The minimum absolute atomic E-state index is 0.0113. The molecule has 0 amide bonds. The van der Waals surface area contributed by atoms with Crippen LogP contribution in [0.3, 0.4) is 0 Å². The van der Waals surface area contributed by atoms with Gasteiger partial charge < -0.3 is 4.74 Å². The molecular formula is C16H15NO4. The zero-order valence-electron chi connectivity index (χ0n) is 11.8. The number of nitro groups is 1. The monoisotopic (exact) mass is 285 g/mol. The summed E-state index contributed by atoms with van der Waals surface area (Å²) < 4.78 is 5.44. The summed E-state index contributed by atoms with van der Waals surface area (Å²) in [6, 6.07) is 11.8. The summed E-state index contributed by atoms with van der Waals surface area (Å²) in [6.45, 7) is 3.31. The summed E-state index contributed by atoms with van der Waals surface area (Å²) in [5, 5.41) is 10.9. The molecule has 0 heterocycles. The Kier molecular flexibility index (Phi) is 4.33. The van der Waals surface area contributed by atoms with Crippen molar-refractivity contribution < 1.29 is 14.5 Å². The van der Waals surface area contributed by atoms with Crippen LogP contribution in [0.25, 0.3) is 0 Å². The highest BCUT2D eigenvalue weighted by molar-refractivity contribution is 5.97. The van der Waals surface area contributed by atoms with Crippen molar-refractivity contribution in [3.63, 3.8) is 0 Å². The van der Waals surface area contributed by atoms with Gasteiger partial charge in [-0.05, 0) is 25.5 Å². The molecule has 2 aromatic rings. The molecule has 0 bridgehead atoms. The summed E-state index contributed by atoms with van der Waals surface area (Å²) in [6.07, 6.45) is 0. The first-order valence-electron chi connectivity index (χ1n) is 6.45. The number of Topliss-reactive ketones (excluding diaryl/α,β-unsaturated/α-hetero) is 1. The number of nitrogens with zero attached hydrogens (tertiary/aromatic N) is 1. The molecule has 0 atom stereocenters. The average Bonchev–Trinajstić information content (AvgIpc) is 2.46. The number of benzene rings is 2. The van der Waals surface area contributed by atoms with Crippen molar-refractivity contribution in [2.75, 3.05) is 6.61 Å². The number of hydrogen-bond acceptors (Lipinski definition) is 4. The van der Waals surface area contributed by atoms with Gasteiger partial charge in [-0.1, -0.05) is 30.3 Å². The number of carbonyl (C=O) groups is 1. The van der Waals surface area contributed by atoms with E-state index in [9.17, 15) is 14.9 Å². The zero-order chi connectivity index (χ0) is 15.4. The van der Waals surface area contributed by atoms with Crippen LogP contribution in [0.5, 0.6) is 5.75 Å². The van der Waals surface area contributed by atoms with E-state index in [1.807, 2.05) is 6.07 Å². The maximum Gasteiger partial charge on any atom is 0.276 e. The van der Waals surface area contributed by atoms with E-state index in [4.69, 9.17) is 4.74 Å². The lowest BCUT2D eigenvalue weighted by molar-refractivity contribution is -0.385. The van der Waals surface area contributed by atoms with Crippen LogP contribution in [0, 0.1) is 24.0 Å². The SMILES string of the molecule is Cc1cc(C)c([N+](=O)[O-])cc1OCC(=O)c1ccccc1. The molecule has 0 N–H and O–H groups in total. The van der Waals surface area contributed by atoms with Crippen molar-refractivity contribution in [1.82, 2.24) is 0 Å². The second-order valence-corrected chi connectivity index (χ2v) is 4.74. The Morgan fingerprint density at radius 3 is 2.43 bits per heavy atom. The Labute approximate surface area is 122 Å². The third kappa shape index (κ3) is 3.45. The largest absolute Gasteiger partial charge is 0.485 e. The normalized spacial score (nSPS) is 10.2. The van der Waals surface area contributed by atoms with E-state index in [0.717, 1.165) is 5.56 Å². The number of ether oxygens (including phenoxy) is 1. The van der Waals surface area contributed by atoms with Gasteiger partial charge in [0.25, 0.3) is 5.69 Å². The van der Waals surface area contributed by atoms with E-state index in [1.54, 1.807) is 44.2 Å². The fourth-order valence-electron chi connectivity index (χ4n) is 2.02.